The van der Waals surface area contributed by atoms with Crippen LogP contribution in [0.25, 0.3) is 0 Å². The minimum atomic E-state index is 0.00704. The SMILES string of the molecule is O=c1cc[c]cn1Cc1ccccc1. The van der Waals surface area contributed by atoms with Gasteiger partial charge < -0.3 is 4.57 Å². The van der Waals surface area contributed by atoms with Crippen molar-refractivity contribution in [1.82, 2.24) is 4.57 Å². The van der Waals surface area contributed by atoms with Crippen molar-refractivity contribution in [2.24, 2.45) is 0 Å². The van der Waals surface area contributed by atoms with Gasteiger partial charge >= 0.3 is 0 Å². The maximum absolute atomic E-state index is 11.4. The first-order chi connectivity index (χ1) is 6.86. The van der Waals surface area contributed by atoms with Crippen molar-refractivity contribution < 1.29 is 0 Å². The molecular formula is C12H10NO. The Hall–Kier alpha value is -1.83. The lowest BCUT2D eigenvalue weighted by atomic mass is 10.2. The Morgan fingerprint density at radius 1 is 1.14 bits per heavy atom. The van der Waals surface area contributed by atoms with E-state index < -0.39 is 0 Å². The highest BCUT2D eigenvalue weighted by atomic mass is 16.1. The van der Waals surface area contributed by atoms with Crippen molar-refractivity contribution in [3.05, 3.63) is 70.6 Å². The van der Waals surface area contributed by atoms with Crippen molar-refractivity contribution in [3.63, 3.8) is 0 Å². The molecule has 0 saturated heterocycles. The van der Waals surface area contributed by atoms with E-state index >= 15 is 0 Å². The Labute approximate surface area is 82.4 Å². The predicted octanol–water partition coefficient (Wildman–Crippen LogP) is 1.70. The second-order valence-electron chi connectivity index (χ2n) is 3.08. The molecule has 0 fully saturated rings. The van der Waals surface area contributed by atoms with Gasteiger partial charge in [0, 0.05) is 12.3 Å². The molecule has 2 rings (SSSR count). The zero-order valence-corrected chi connectivity index (χ0v) is 7.68. The maximum atomic E-state index is 11.4. The van der Waals surface area contributed by atoms with Gasteiger partial charge in [0.05, 0.1) is 6.54 Å². The normalized spacial score (nSPS) is 10.0. The van der Waals surface area contributed by atoms with Crippen molar-refractivity contribution in [2.45, 2.75) is 6.54 Å². The number of hydrogen-bond donors (Lipinski definition) is 0. The average Bonchev–Trinajstić information content (AvgIpc) is 2.23. The molecule has 0 amide bonds. The van der Waals surface area contributed by atoms with Crippen LogP contribution in [0.3, 0.4) is 0 Å². The molecule has 0 aliphatic heterocycles. The van der Waals surface area contributed by atoms with Crippen LogP contribution in [0.15, 0.2) is 53.5 Å². The van der Waals surface area contributed by atoms with Gasteiger partial charge in [-0.15, -0.1) is 0 Å². The molecule has 0 N–H and O–H groups in total. The Balaban J connectivity index is 2.28. The summed E-state index contributed by atoms with van der Waals surface area (Å²) in [5, 5.41) is 0. The fourth-order valence-electron chi connectivity index (χ4n) is 1.32. The fraction of sp³-hybridized carbons (Fsp3) is 0.0833. The zero-order chi connectivity index (χ0) is 9.80. The smallest absolute Gasteiger partial charge is 0.250 e. The largest absolute Gasteiger partial charge is 0.310 e. The van der Waals surface area contributed by atoms with Gasteiger partial charge in [-0.25, -0.2) is 0 Å². The molecule has 0 aliphatic carbocycles. The maximum Gasteiger partial charge on any atom is 0.250 e. The molecule has 0 spiro atoms. The third kappa shape index (κ3) is 1.91. The van der Waals surface area contributed by atoms with E-state index in [9.17, 15) is 4.79 Å². The van der Waals surface area contributed by atoms with E-state index in [1.807, 2.05) is 30.3 Å². The van der Waals surface area contributed by atoms with Crippen LogP contribution < -0.4 is 5.56 Å². The van der Waals surface area contributed by atoms with E-state index in [0.29, 0.717) is 6.54 Å². The van der Waals surface area contributed by atoms with Gasteiger partial charge in [0.25, 0.3) is 5.56 Å². The van der Waals surface area contributed by atoms with Gasteiger partial charge in [-0.1, -0.05) is 30.3 Å². The van der Waals surface area contributed by atoms with Crippen molar-refractivity contribution >= 4 is 0 Å². The minimum Gasteiger partial charge on any atom is -0.310 e. The van der Waals surface area contributed by atoms with E-state index in [2.05, 4.69) is 6.07 Å². The second kappa shape index (κ2) is 3.92. The Morgan fingerprint density at radius 2 is 1.93 bits per heavy atom. The fourth-order valence-corrected chi connectivity index (χ4v) is 1.32. The summed E-state index contributed by atoms with van der Waals surface area (Å²) in [6.07, 6.45) is 1.68. The third-order valence-electron chi connectivity index (χ3n) is 2.03. The number of aromatic nitrogens is 1. The van der Waals surface area contributed by atoms with Gasteiger partial charge in [0.2, 0.25) is 0 Å². The first-order valence-corrected chi connectivity index (χ1v) is 4.47. The molecule has 1 aromatic carbocycles. The summed E-state index contributed by atoms with van der Waals surface area (Å²) in [6.45, 7) is 0.608. The van der Waals surface area contributed by atoms with Crippen LogP contribution in [0.2, 0.25) is 0 Å². The number of pyridine rings is 1. The molecule has 14 heavy (non-hydrogen) atoms. The molecule has 0 atom stereocenters. The lowest BCUT2D eigenvalue weighted by Gasteiger charge is -2.03. The number of benzene rings is 1. The molecule has 0 bridgehead atoms. The average molecular weight is 184 g/mol. The molecule has 0 saturated carbocycles. The summed E-state index contributed by atoms with van der Waals surface area (Å²) in [5.74, 6) is 0. The van der Waals surface area contributed by atoms with E-state index in [-0.39, 0.29) is 5.56 Å². The molecule has 1 radical (unpaired) electrons. The number of rotatable bonds is 2. The summed E-state index contributed by atoms with van der Waals surface area (Å²) in [7, 11) is 0. The lowest BCUT2D eigenvalue weighted by Crippen LogP contribution is -2.18. The Kier molecular flexibility index (Phi) is 2.45. The van der Waals surface area contributed by atoms with Crippen LogP contribution in [-0.2, 0) is 6.54 Å². The van der Waals surface area contributed by atoms with E-state index in [4.69, 9.17) is 0 Å². The quantitative estimate of drug-likeness (QED) is 0.696. The molecule has 1 heterocycles. The van der Waals surface area contributed by atoms with E-state index in [1.54, 1.807) is 16.8 Å². The molecule has 69 valence electrons. The molecule has 2 heteroatoms. The van der Waals surface area contributed by atoms with Crippen molar-refractivity contribution in [1.29, 1.82) is 0 Å². The molecule has 2 aromatic rings. The highest BCUT2D eigenvalue weighted by Gasteiger charge is 1.94. The van der Waals surface area contributed by atoms with E-state index in [1.165, 1.54) is 6.07 Å². The van der Waals surface area contributed by atoms with E-state index in [0.717, 1.165) is 5.56 Å². The Morgan fingerprint density at radius 3 is 2.64 bits per heavy atom. The van der Waals surface area contributed by atoms with Gasteiger partial charge in [-0.3, -0.25) is 4.79 Å². The first kappa shape index (κ1) is 8.75. The molecule has 0 unspecified atom stereocenters. The monoisotopic (exact) mass is 184 g/mol. The summed E-state index contributed by atoms with van der Waals surface area (Å²) in [4.78, 5) is 11.4. The predicted molar refractivity (Wildman–Crippen MR) is 55.1 cm³/mol. The molecule has 0 aliphatic rings. The summed E-state index contributed by atoms with van der Waals surface area (Å²) >= 11 is 0. The minimum absolute atomic E-state index is 0.00704. The zero-order valence-electron chi connectivity index (χ0n) is 7.68. The summed E-state index contributed by atoms with van der Waals surface area (Å²) in [5.41, 5.74) is 1.13. The van der Waals surface area contributed by atoms with Crippen LogP contribution in [-0.4, -0.2) is 4.57 Å². The number of hydrogen-bond acceptors (Lipinski definition) is 1. The highest BCUT2D eigenvalue weighted by Crippen LogP contribution is 1.99. The lowest BCUT2D eigenvalue weighted by molar-refractivity contribution is 0.758. The summed E-state index contributed by atoms with van der Waals surface area (Å²) < 4.78 is 1.63. The van der Waals surface area contributed by atoms with Crippen LogP contribution in [0.5, 0.6) is 0 Å². The third-order valence-corrected chi connectivity index (χ3v) is 2.03. The van der Waals surface area contributed by atoms with Crippen molar-refractivity contribution in [2.75, 3.05) is 0 Å². The molecular weight excluding hydrogens is 174 g/mol. The van der Waals surface area contributed by atoms with Gasteiger partial charge in [-0.05, 0) is 17.7 Å². The van der Waals surface area contributed by atoms with Crippen molar-refractivity contribution in [3.8, 4) is 0 Å². The van der Waals surface area contributed by atoms with Gasteiger partial charge in [0.1, 0.15) is 0 Å². The number of nitrogens with zero attached hydrogens (tertiary/aromatic N) is 1. The molecule has 2 nitrogen and oxygen atoms in total. The molecule has 1 aromatic heterocycles. The van der Waals surface area contributed by atoms with Crippen LogP contribution in [0.4, 0.5) is 0 Å². The van der Waals surface area contributed by atoms with Gasteiger partial charge in [-0.2, -0.15) is 0 Å². The highest BCUT2D eigenvalue weighted by molar-refractivity contribution is 5.15. The standard InChI is InChI=1S/C12H10NO/c14-12-8-4-5-9-13(12)10-11-6-2-1-3-7-11/h1-4,6-9H,10H2. The topological polar surface area (TPSA) is 22.0 Å². The Bertz CT molecular complexity index is 459. The first-order valence-electron chi connectivity index (χ1n) is 4.47. The summed E-state index contributed by atoms with van der Waals surface area (Å²) in [6, 6.07) is 15.9. The van der Waals surface area contributed by atoms with Crippen LogP contribution in [0, 0.1) is 6.07 Å². The second-order valence-corrected chi connectivity index (χ2v) is 3.08. The van der Waals surface area contributed by atoms with Gasteiger partial charge in [0.15, 0.2) is 0 Å². The van der Waals surface area contributed by atoms with Crippen LogP contribution >= 0.6 is 0 Å². The van der Waals surface area contributed by atoms with Crippen LogP contribution in [0.1, 0.15) is 5.56 Å².